The van der Waals surface area contributed by atoms with E-state index in [1.165, 1.54) is 0 Å². The van der Waals surface area contributed by atoms with Gasteiger partial charge in [-0.15, -0.1) is 11.6 Å². The van der Waals surface area contributed by atoms with Crippen LogP contribution in [0.5, 0.6) is 0 Å². The average molecular weight is 351 g/mol. The number of ether oxygens (including phenoxy) is 2. The summed E-state index contributed by atoms with van der Waals surface area (Å²) in [7, 11) is 0. The van der Waals surface area contributed by atoms with Gasteiger partial charge in [0.2, 0.25) is 0 Å². The lowest BCUT2D eigenvalue weighted by atomic mass is 10.1. The third-order valence-corrected chi connectivity index (χ3v) is 4.23. The predicted octanol–water partition coefficient (Wildman–Crippen LogP) is 3.91. The third kappa shape index (κ3) is 3.73. The van der Waals surface area contributed by atoms with Crippen LogP contribution in [0.3, 0.4) is 0 Å². The van der Waals surface area contributed by atoms with Gasteiger partial charge in [-0.3, -0.25) is 0 Å². The van der Waals surface area contributed by atoms with Crippen molar-refractivity contribution < 1.29 is 14.3 Å². The SMILES string of the molecule is CC(C)(C)OC(=O)c1ccc2nc(CCl)n(C[C@@H]3CCCO3)c2c1. The molecule has 0 spiro atoms. The molecule has 0 bridgehead atoms. The van der Waals surface area contributed by atoms with E-state index in [9.17, 15) is 4.79 Å². The van der Waals surface area contributed by atoms with Crippen LogP contribution in [-0.2, 0) is 21.9 Å². The van der Waals surface area contributed by atoms with E-state index in [0.717, 1.165) is 36.3 Å². The maximum atomic E-state index is 12.3. The van der Waals surface area contributed by atoms with Crippen LogP contribution in [0.15, 0.2) is 18.2 Å². The molecule has 0 radical (unpaired) electrons. The highest BCUT2D eigenvalue weighted by Crippen LogP contribution is 2.24. The maximum absolute atomic E-state index is 12.3. The zero-order chi connectivity index (χ0) is 17.3. The van der Waals surface area contributed by atoms with Crippen molar-refractivity contribution in [2.45, 2.75) is 57.7 Å². The molecule has 130 valence electrons. The predicted molar refractivity (Wildman–Crippen MR) is 93.4 cm³/mol. The monoisotopic (exact) mass is 350 g/mol. The number of nitrogens with zero attached hydrogens (tertiary/aromatic N) is 2. The number of hydrogen-bond donors (Lipinski definition) is 0. The molecule has 1 aromatic carbocycles. The Hall–Kier alpha value is -1.59. The minimum Gasteiger partial charge on any atom is -0.456 e. The molecule has 0 saturated carbocycles. The summed E-state index contributed by atoms with van der Waals surface area (Å²) in [4.78, 5) is 16.9. The molecule has 6 heteroatoms. The molecule has 1 aromatic heterocycles. The van der Waals surface area contributed by atoms with Crippen molar-refractivity contribution in [1.82, 2.24) is 9.55 Å². The summed E-state index contributed by atoms with van der Waals surface area (Å²) >= 11 is 6.06. The molecule has 5 nitrogen and oxygen atoms in total. The summed E-state index contributed by atoms with van der Waals surface area (Å²) in [6, 6.07) is 5.43. The number of hydrogen-bond acceptors (Lipinski definition) is 4. The van der Waals surface area contributed by atoms with Gasteiger partial charge in [0.15, 0.2) is 0 Å². The van der Waals surface area contributed by atoms with Gasteiger partial charge >= 0.3 is 5.97 Å². The molecule has 1 fully saturated rings. The first kappa shape index (κ1) is 17.2. The van der Waals surface area contributed by atoms with E-state index in [1.54, 1.807) is 6.07 Å². The van der Waals surface area contributed by atoms with Gasteiger partial charge in [0, 0.05) is 6.61 Å². The van der Waals surface area contributed by atoms with Gasteiger partial charge in [-0.1, -0.05) is 0 Å². The number of carbonyl (C=O) groups is 1. The second-order valence-corrected chi connectivity index (χ2v) is 7.38. The molecule has 1 aliphatic heterocycles. The van der Waals surface area contributed by atoms with E-state index < -0.39 is 5.60 Å². The molecule has 2 aromatic rings. The molecular formula is C18H23ClN2O3. The Morgan fingerprint density at radius 2 is 2.25 bits per heavy atom. The van der Waals surface area contributed by atoms with E-state index in [0.29, 0.717) is 18.0 Å². The molecule has 1 saturated heterocycles. The molecule has 1 aliphatic rings. The lowest BCUT2D eigenvalue weighted by Crippen LogP contribution is -2.24. The van der Waals surface area contributed by atoms with Crippen LogP contribution in [-0.4, -0.2) is 33.8 Å². The highest BCUT2D eigenvalue weighted by molar-refractivity contribution is 6.16. The van der Waals surface area contributed by atoms with E-state index in [4.69, 9.17) is 21.1 Å². The molecule has 24 heavy (non-hydrogen) atoms. The van der Waals surface area contributed by atoms with Gasteiger partial charge in [0.05, 0.1) is 35.1 Å². The largest absolute Gasteiger partial charge is 0.456 e. The van der Waals surface area contributed by atoms with E-state index in [-0.39, 0.29) is 12.1 Å². The Morgan fingerprint density at radius 1 is 1.46 bits per heavy atom. The molecule has 2 heterocycles. The van der Waals surface area contributed by atoms with Crippen LogP contribution in [0.1, 0.15) is 49.8 Å². The van der Waals surface area contributed by atoms with Gasteiger partial charge in [-0.25, -0.2) is 9.78 Å². The van der Waals surface area contributed by atoms with Crippen molar-refractivity contribution in [3.63, 3.8) is 0 Å². The van der Waals surface area contributed by atoms with Crippen LogP contribution in [0, 0.1) is 0 Å². The lowest BCUT2D eigenvalue weighted by molar-refractivity contribution is 0.00697. The Kier molecular flexibility index (Phi) is 4.83. The Balaban J connectivity index is 1.96. The summed E-state index contributed by atoms with van der Waals surface area (Å²) in [6.45, 7) is 7.08. The first-order valence-electron chi connectivity index (χ1n) is 8.27. The van der Waals surface area contributed by atoms with E-state index >= 15 is 0 Å². The van der Waals surface area contributed by atoms with E-state index in [1.807, 2.05) is 32.9 Å². The summed E-state index contributed by atoms with van der Waals surface area (Å²) in [5.74, 6) is 0.786. The number of imidazole rings is 1. The Labute approximate surface area is 146 Å². The summed E-state index contributed by atoms with van der Waals surface area (Å²) in [6.07, 6.45) is 2.29. The topological polar surface area (TPSA) is 53.3 Å². The highest BCUT2D eigenvalue weighted by Gasteiger charge is 2.22. The molecule has 3 rings (SSSR count). The van der Waals surface area contributed by atoms with Crippen molar-refractivity contribution in [3.8, 4) is 0 Å². The number of fused-ring (bicyclic) bond motifs is 1. The third-order valence-electron chi connectivity index (χ3n) is 3.99. The number of rotatable bonds is 4. The molecule has 1 atom stereocenters. The van der Waals surface area contributed by atoms with Crippen LogP contribution in [0.4, 0.5) is 0 Å². The van der Waals surface area contributed by atoms with Gasteiger partial charge < -0.3 is 14.0 Å². The number of aromatic nitrogens is 2. The number of carbonyl (C=O) groups excluding carboxylic acids is 1. The number of alkyl halides is 1. The number of halogens is 1. The molecule has 0 aliphatic carbocycles. The van der Waals surface area contributed by atoms with Gasteiger partial charge in [-0.05, 0) is 51.8 Å². The van der Waals surface area contributed by atoms with Crippen molar-refractivity contribution in [2.75, 3.05) is 6.61 Å². The van der Waals surface area contributed by atoms with Crippen molar-refractivity contribution in [2.24, 2.45) is 0 Å². The quantitative estimate of drug-likeness (QED) is 0.619. The van der Waals surface area contributed by atoms with Gasteiger partial charge in [0.25, 0.3) is 0 Å². The van der Waals surface area contributed by atoms with Crippen molar-refractivity contribution in [3.05, 3.63) is 29.6 Å². The summed E-state index contributed by atoms with van der Waals surface area (Å²) in [5, 5.41) is 0. The number of esters is 1. The fraction of sp³-hybridized carbons (Fsp3) is 0.556. The minimum atomic E-state index is -0.523. The zero-order valence-corrected chi connectivity index (χ0v) is 15.1. The van der Waals surface area contributed by atoms with Gasteiger partial charge in [-0.2, -0.15) is 0 Å². The van der Waals surface area contributed by atoms with Crippen molar-refractivity contribution in [1.29, 1.82) is 0 Å². The second-order valence-electron chi connectivity index (χ2n) is 7.11. The highest BCUT2D eigenvalue weighted by atomic mass is 35.5. The van der Waals surface area contributed by atoms with Crippen LogP contribution in [0.25, 0.3) is 11.0 Å². The first-order valence-corrected chi connectivity index (χ1v) is 8.81. The summed E-state index contributed by atoms with van der Waals surface area (Å²) < 4.78 is 13.3. The summed E-state index contributed by atoms with van der Waals surface area (Å²) in [5.41, 5.74) is 1.72. The lowest BCUT2D eigenvalue weighted by Gasteiger charge is -2.19. The van der Waals surface area contributed by atoms with Crippen LogP contribution >= 0.6 is 11.6 Å². The molecule has 0 amide bonds. The Morgan fingerprint density at radius 3 is 2.88 bits per heavy atom. The Bertz CT molecular complexity index is 743. The normalized spacial score (nSPS) is 18.2. The first-order chi connectivity index (χ1) is 11.4. The fourth-order valence-electron chi connectivity index (χ4n) is 2.93. The number of benzene rings is 1. The minimum absolute atomic E-state index is 0.176. The average Bonchev–Trinajstić information content (AvgIpc) is 3.13. The van der Waals surface area contributed by atoms with Gasteiger partial charge in [0.1, 0.15) is 11.4 Å². The zero-order valence-electron chi connectivity index (χ0n) is 14.3. The standard InChI is InChI=1S/C18H23ClN2O3/c1-18(2,3)24-17(22)12-6-7-14-15(9-12)21(16(10-19)20-14)11-13-5-4-8-23-13/h6-7,9,13H,4-5,8,10-11H2,1-3H3/t13-/m0/s1. The van der Waals surface area contributed by atoms with Crippen LogP contribution < -0.4 is 0 Å². The maximum Gasteiger partial charge on any atom is 0.338 e. The fourth-order valence-corrected chi connectivity index (χ4v) is 3.14. The smallest absolute Gasteiger partial charge is 0.338 e. The van der Waals surface area contributed by atoms with Crippen molar-refractivity contribution >= 4 is 28.6 Å². The van der Waals surface area contributed by atoms with Crippen LogP contribution in [0.2, 0.25) is 0 Å². The molecule has 0 N–H and O–H groups in total. The van der Waals surface area contributed by atoms with E-state index in [2.05, 4.69) is 9.55 Å². The molecule has 0 unspecified atom stereocenters. The second kappa shape index (κ2) is 6.73. The molecular weight excluding hydrogens is 328 g/mol.